The van der Waals surface area contributed by atoms with Crippen molar-refractivity contribution in [2.45, 2.75) is 50.7 Å². The van der Waals surface area contributed by atoms with Gasteiger partial charge in [-0.05, 0) is 55.8 Å². The lowest BCUT2D eigenvalue weighted by Crippen LogP contribution is -2.35. The van der Waals surface area contributed by atoms with Gasteiger partial charge < -0.3 is 14.4 Å². The summed E-state index contributed by atoms with van der Waals surface area (Å²) in [6.45, 7) is 3.64. The van der Waals surface area contributed by atoms with Crippen molar-refractivity contribution in [3.05, 3.63) is 28.8 Å². The molecule has 1 aromatic rings. The van der Waals surface area contributed by atoms with Crippen LogP contribution in [0.1, 0.15) is 42.4 Å². The third kappa shape index (κ3) is 3.22. The fourth-order valence-corrected chi connectivity index (χ4v) is 4.64. The molecule has 0 saturated carbocycles. The number of ether oxygens (including phenoxy) is 2. The van der Waals surface area contributed by atoms with Crippen LogP contribution in [0.2, 0.25) is 0 Å². The maximum absolute atomic E-state index is 11.8. The number of hydrogen-bond acceptors (Lipinski definition) is 4. The highest BCUT2D eigenvalue weighted by molar-refractivity contribution is 5.70. The van der Waals surface area contributed by atoms with E-state index in [4.69, 9.17) is 9.47 Å². The number of methoxy groups -OCH3 is 1. The number of fused-ring (bicyclic) bond motifs is 1. The van der Waals surface area contributed by atoms with Gasteiger partial charge >= 0.3 is 6.09 Å². The van der Waals surface area contributed by atoms with Gasteiger partial charge in [-0.2, -0.15) is 0 Å². The summed E-state index contributed by atoms with van der Waals surface area (Å²) in [5.74, 6) is 1.02. The molecule has 0 aromatic heterocycles. The van der Waals surface area contributed by atoms with Gasteiger partial charge in [0.1, 0.15) is 11.4 Å². The highest BCUT2D eigenvalue weighted by atomic mass is 16.6. The molecule has 1 aliphatic carbocycles. The summed E-state index contributed by atoms with van der Waals surface area (Å²) in [4.78, 5) is 16.0. The van der Waals surface area contributed by atoms with Gasteiger partial charge in [-0.25, -0.2) is 4.79 Å². The van der Waals surface area contributed by atoms with Crippen LogP contribution in [-0.4, -0.2) is 55.3 Å². The van der Waals surface area contributed by atoms with Crippen LogP contribution in [0.25, 0.3) is 0 Å². The van der Waals surface area contributed by atoms with Gasteiger partial charge in [-0.3, -0.25) is 4.90 Å². The van der Waals surface area contributed by atoms with E-state index >= 15 is 0 Å². The van der Waals surface area contributed by atoms with E-state index in [1.54, 1.807) is 12.0 Å². The lowest BCUT2D eigenvalue weighted by molar-refractivity contribution is 0.0443. The highest BCUT2D eigenvalue weighted by Gasteiger charge is 2.44. The molecule has 2 aliphatic heterocycles. The van der Waals surface area contributed by atoms with Crippen molar-refractivity contribution in [1.82, 2.24) is 9.80 Å². The minimum Gasteiger partial charge on any atom is -0.496 e. The first kappa shape index (κ1) is 16.7. The molecule has 5 nitrogen and oxygen atoms in total. The second-order valence-corrected chi connectivity index (χ2v) is 7.82. The lowest BCUT2D eigenvalue weighted by Gasteiger charge is -2.25. The Kier molecular flexibility index (Phi) is 4.36. The van der Waals surface area contributed by atoms with Gasteiger partial charge in [0, 0.05) is 32.1 Å². The van der Waals surface area contributed by atoms with E-state index in [-0.39, 0.29) is 11.7 Å². The van der Waals surface area contributed by atoms with Crippen molar-refractivity contribution in [1.29, 1.82) is 0 Å². The molecule has 2 saturated heterocycles. The van der Waals surface area contributed by atoms with Crippen LogP contribution in [0.4, 0.5) is 4.79 Å². The first-order valence-corrected chi connectivity index (χ1v) is 9.44. The number of likely N-dealkylation sites (tertiary alicyclic amines) is 1. The van der Waals surface area contributed by atoms with Gasteiger partial charge in [0.2, 0.25) is 0 Å². The van der Waals surface area contributed by atoms with E-state index in [1.165, 1.54) is 36.0 Å². The zero-order valence-electron chi connectivity index (χ0n) is 15.3. The SMILES string of the molecule is COc1cc2c(cc1CN1CCC[C@]3(CC1)CN(C)C(=O)O3)CCC2. The highest BCUT2D eigenvalue weighted by Crippen LogP contribution is 2.34. The molecule has 0 radical (unpaired) electrons. The monoisotopic (exact) mass is 344 g/mol. The molecule has 2 heterocycles. The Labute approximate surface area is 149 Å². The number of rotatable bonds is 3. The minimum absolute atomic E-state index is 0.172. The Morgan fingerprint density at radius 1 is 1.16 bits per heavy atom. The Balaban J connectivity index is 1.46. The second kappa shape index (κ2) is 6.52. The second-order valence-electron chi connectivity index (χ2n) is 7.82. The third-order valence-electron chi connectivity index (χ3n) is 6.02. The Hall–Kier alpha value is -1.75. The molecule has 1 spiro atoms. The van der Waals surface area contributed by atoms with Crippen LogP contribution in [0.5, 0.6) is 5.75 Å². The third-order valence-corrected chi connectivity index (χ3v) is 6.02. The van der Waals surface area contributed by atoms with Crippen LogP contribution in [0.3, 0.4) is 0 Å². The quantitative estimate of drug-likeness (QED) is 0.845. The molecule has 136 valence electrons. The molecule has 0 bridgehead atoms. The molecule has 4 rings (SSSR count). The number of carbonyl (C=O) groups excluding carboxylic acids is 1. The van der Waals surface area contributed by atoms with Crippen LogP contribution < -0.4 is 4.74 Å². The van der Waals surface area contributed by atoms with Crippen molar-refractivity contribution in [3.8, 4) is 5.75 Å². The Morgan fingerprint density at radius 2 is 1.96 bits per heavy atom. The maximum Gasteiger partial charge on any atom is 0.410 e. The first-order valence-electron chi connectivity index (χ1n) is 9.44. The molecule has 5 heteroatoms. The topological polar surface area (TPSA) is 42.0 Å². The van der Waals surface area contributed by atoms with Gasteiger partial charge in [-0.1, -0.05) is 6.07 Å². The molecule has 3 aliphatic rings. The number of nitrogens with zero attached hydrogens (tertiary/aromatic N) is 2. The van der Waals surface area contributed by atoms with Gasteiger partial charge in [0.15, 0.2) is 0 Å². The molecule has 25 heavy (non-hydrogen) atoms. The summed E-state index contributed by atoms with van der Waals surface area (Å²) in [5, 5.41) is 0. The number of amides is 1. The van der Waals surface area contributed by atoms with Gasteiger partial charge in [0.05, 0.1) is 13.7 Å². The Bertz CT molecular complexity index is 675. The predicted octanol–water partition coefficient (Wildman–Crippen LogP) is 2.99. The number of carbonyl (C=O) groups is 1. The van der Waals surface area contributed by atoms with E-state index in [0.717, 1.165) is 51.2 Å². The number of benzene rings is 1. The van der Waals surface area contributed by atoms with Crippen molar-refractivity contribution in [3.63, 3.8) is 0 Å². The van der Waals surface area contributed by atoms with Crippen molar-refractivity contribution >= 4 is 6.09 Å². The van der Waals surface area contributed by atoms with Crippen LogP contribution in [-0.2, 0) is 24.1 Å². The molecular formula is C20H28N2O3. The smallest absolute Gasteiger partial charge is 0.410 e. The van der Waals surface area contributed by atoms with Crippen LogP contribution in [0.15, 0.2) is 12.1 Å². The van der Waals surface area contributed by atoms with Crippen molar-refractivity contribution in [2.75, 3.05) is 33.8 Å². The number of aryl methyl sites for hydroxylation is 2. The van der Waals surface area contributed by atoms with E-state index in [9.17, 15) is 4.79 Å². The van der Waals surface area contributed by atoms with Crippen LogP contribution >= 0.6 is 0 Å². The summed E-state index contributed by atoms with van der Waals surface area (Å²) in [7, 11) is 3.60. The van der Waals surface area contributed by atoms with Crippen molar-refractivity contribution in [2.24, 2.45) is 0 Å². The average molecular weight is 344 g/mol. The van der Waals surface area contributed by atoms with Crippen LogP contribution in [0, 0.1) is 0 Å². The summed E-state index contributed by atoms with van der Waals surface area (Å²) in [6, 6.07) is 4.59. The Morgan fingerprint density at radius 3 is 2.68 bits per heavy atom. The number of likely N-dealkylation sites (N-methyl/N-ethyl adjacent to an activating group) is 1. The molecule has 2 fully saturated rings. The summed E-state index contributed by atoms with van der Waals surface area (Å²) in [6.07, 6.45) is 6.39. The van der Waals surface area contributed by atoms with E-state index in [2.05, 4.69) is 17.0 Å². The zero-order valence-corrected chi connectivity index (χ0v) is 15.3. The summed E-state index contributed by atoms with van der Waals surface area (Å²) < 4.78 is 11.4. The maximum atomic E-state index is 11.8. The van der Waals surface area contributed by atoms with Crippen molar-refractivity contribution < 1.29 is 14.3 Å². The molecule has 0 N–H and O–H groups in total. The summed E-state index contributed by atoms with van der Waals surface area (Å²) >= 11 is 0. The largest absolute Gasteiger partial charge is 0.496 e. The average Bonchev–Trinajstić information content (AvgIpc) is 3.09. The van der Waals surface area contributed by atoms with Gasteiger partial charge in [-0.15, -0.1) is 0 Å². The summed E-state index contributed by atoms with van der Waals surface area (Å²) in [5.41, 5.74) is 3.96. The van der Waals surface area contributed by atoms with Gasteiger partial charge in [0.25, 0.3) is 0 Å². The molecule has 1 aromatic carbocycles. The molecule has 1 atom stereocenters. The first-order chi connectivity index (χ1) is 12.1. The molecular weight excluding hydrogens is 316 g/mol. The normalized spacial score (nSPS) is 26.6. The minimum atomic E-state index is -0.275. The van der Waals surface area contributed by atoms with E-state index in [1.807, 2.05) is 7.05 Å². The van der Waals surface area contributed by atoms with E-state index < -0.39 is 0 Å². The number of hydrogen-bond donors (Lipinski definition) is 0. The standard InChI is InChI=1S/C20H28N2O3/c1-21-14-20(25-19(21)23)7-4-9-22(10-8-20)13-17-11-15-5-3-6-16(15)12-18(17)24-2/h11-12H,3-10,13-14H2,1-2H3/t20-/m0/s1. The van der Waals surface area contributed by atoms with E-state index in [0.29, 0.717) is 0 Å². The fraction of sp³-hybridized carbons (Fsp3) is 0.650. The predicted molar refractivity (Wildman–Crippen MR) is 96.0 cm³/mol. The fourth-order valence-electron chi connectivity index (χ4n) is 4.64. The molecule has 1 amide bonds. The zero-order chi connectivity index (χ0) is 17.4. The molecule has 0 unspecified atom stereocenters. The lowest BCUT2D eigenvalue weighted by atomic mass is 9.95.